The molecule has 1 amide bonds. The zero-order chi connectivity index (χ0) is 18.2. The van der Waals surface area contributed by atoms with Crippen LogP contribution in [0, 0.1) is 0 Å². The molecule has 136 valence electrons. The van der Waals surface area contributed by atoms with Crippen LogP contribution in [0.25, 0.3) is 0 Å². The number of rotatable bonds is 10. The minimum absolute atomic E-state index is 0.0435. The number of nitrogens with one attached hydrogen (secondary N) is 2. The van der Waals surface area contributed by atoms with Gasteiger partial charge in [-0.15, -0.1) is 0 Å². The number of amides is 1. The smallest absolute Gasteiger partial charge is 0.224 e. The Hall–Kier alpha value is -1.40. The Kier molecular flexibility index (Phi) is 8.42. The van der Waals surface area contributed by atoms with Crippen molar-refractivity contribution >= 4 is 21.6 Å². The summed E-state index contributed by atoms with van der Waals surface area (Å²) in [6, 6.07) is 7.95. The summed E-state index contributed by atoms with van der Waals surface area (Å²) in [6.07, 6.45) is 2.77. The summed E-state index contributed by atoms with van der Waals surface area (Å²) in [5.74, 6) is 0.474. The molecule has 1 aromatic rings. The molecule has 6 heteroatoms. The van der Waals surface area contributed by atoms with E-state index in [0.717, 1.165) is 12.1 Å². The van der Waals surface area contributed by atoms with Crippen molar-refractivity contribution in [3.8, 4) is 0 Å². The van der Waals surface area contributed by atoms with Gasteiger partial charge in [0, 0.05) is 18.7 Å². The van der Waals surface area contributed by atoms with Gasteiger partial charge in [-0.25, -0.2) is 13.1 Å². The number of carbonyl (C=O) groups is 1. The first-order valence-electron chi connectivity index (χ1n) is 8.64. The molecule has 0 spiro atoms. The van der Waals surface area contributed by atoms with E-state index in [0.29, 0.717) is 31.7 Å². The highest BCUT2D eigenvalue weighted by Crippen LogP contribution is 2.20. The third kappa shape index (κ3) is 7.01. The second-order valence-electron chi connectivity index (χ2n) is 6.42. The van der Waals surface area contributed by atoms with Gasteiger partial charge in [-0.05, 0) is 56.7 Å². The van der Waals surface area contributed by atoms with Gasteiger partial charge in [-0.1, -0.05) is 26.0 Å². The van der Waals surface area contributed by atoms with E-state index >= 15 is 0 Å². The Morgan fingerprint density at radius 2 is 1.71 bits per heavy atom. The fourth-order valence-electron chi connectivity index (χ4n) is 2.15. The number of unbranched alkanes of at least 4 members (excludes halogenated alkanes) is 1. The molecule has 0 aliphatic carbocycles. The van der Waals surface area contributed by atoms with Crippen LogP contribution in [0.2, 0.25) is 0 Å². The highest BCUT2D eigenvalue weighted by Gasteiger charge is 2.14. The van der Waals surface area contributed by atoms with Crippen molar-refractivity contribution in [3.63, 3.8) is 0 Å². The van der Waals surface area contributed by atoms with Crippen molar-refractivity contribution < 1.29 is 13.2 Å². The lowest BCUT2D eigenvalue weighted by atomic mass is 9.99. The second-order valence-corrected chi connectivity index (χ2v) is 8.75. The Morgan fingerprint density at radius 3 is 2.25 bits per heavy atom. The zero-order valence-corrected chi connectivity index (χ0v) is 15.9. The van der Waals surface area contributed by atoms with E-state index < -0.39 is 15.3 Å². The standard InChI is InChI=1S/C18H30N2O3S/c1-5-15(4)16-9-11-17(12-10-16)20-18(21)8-6-7-13-19-24(22,23)14(2)3/h9-12,14-15,19H,5-8,13H2,1-4H3,(H,20,21). The lowest BCUT2D eigenvalue weighted by Crippen LogP contribution is -2.31. The van der Waals surface area contributed by atoms with Crippen LogP contribution >= 0.6 is 0 Å². The topological polar surface area (TPSA) is 75.3 Å². The summed E-state index contributed by atoms with van der Waals surface area (Å²) in [6.45, 7) is 7.99. The molecular weight excluding hydrogens is 324 g/mol. The summed E-state index contributed by atoms with van der Waals surface area (Å²) in [7, 11) is -3.21. The van der Waals surface area contributed by atoms with Crippen LogP contribution in [0.15, 0.2) is 24.3 Å². The number of sulfonamides is 1. The van der Waals surface area contributed by atoms with Crippen LogP contribution in [0.3, 0.4) is 0 Å². The Bertz CT molecular complexity index is 610. The van der Waals surface area contributed by atoms with Crippen LogP contribution in [0.1, 0.15) is 64.9 Å². The van der Waals surface area contributed by atoms with Gasteiger partial charge in [-0.3, -0.25) is 4.79 Å². The van der Waals surface area contributed by atoms with Crippen molar-refractivity contribution in [3.05, 3.63) is 29.8 Å². The maximum atomic E-state index is 11.9. The molecule has 0 aromatic heterocycles. The molecular formula is C18H30N2O3S. The summed E-state index contributed by atoms with van der Waals surface area (Å²) < 4.78 is 25.7. The Morgan fingerprint density at radius 1 is 1.08 bits per heavy atom. The van der Waals surface area contributed by atoms with Crippen LogP contribution in [0.5, 0.6) is 0 Å². The molecule has 0 saturated carbocycles. The van der Waals surface area contributed by atoms with Crippen LogP contribution in [0.4, 0.5) is 5.69 Å². The van der Waals surface area contributed by atoms with Gasteiger partial charge in [-0.2, -0.15) is 0 Å². The summed E-state index contributed by atoms with van der Waals surface area (Å²) in [4.78, 5) is 11.9. The van der Waals surface area contributed by atoms with Crippen molar-refractivity contribution in [1.82, 2.24) is 4.72 Å². The van der Waals surface area contributed by atoms with Crippen molar-refractivity contribution in [2.24, 2.45) is 0 Å². The van der Waals surface area contributed by atoms with Crippen molar-refractivity contribution in [1.29, 1.82) is 0 Å². The molecule has 0 bridgehead atoms. The highest BCUT2D eigenvalue weighted by molar-refractivity contribution is 7.90. The molecule has 1 atom stereocenters. The first-order valence-corrected chi connectivity index (χ1v) is 10.2. The van der Waals surface area contributed by atoms with E-state index in [9.17, 15) is 13.2 Å². The molecule has 5 nitrogen and oxygen atoms in total. The van der Waals surface area contributed by atoms with Gasteiger partial charge < -0.3 is 5.32 Å². The molecule has 24 heavy (non-hydrogen) atoms. The second kappa shape index (κ2) is 9.79. The van der Waals surface area contributed by atoms with Gasteiger partial charge in [0.05, 0.1) is 5.25 Å². The number of carbonyl (C=O) groups excluding carboxylic acids is 1. The SMILES string of the molecule is CCC(C)c1ccc(NC(=O)CCCCNS(=O)(=O)C(C)C)cc1. The minimum Gasteiger partial charge on any atom is -0.326 e. The van der Waals surface area contributed by atoms with E-state index in [-0.39, 0.29) is 5.91 Å². The molecule has 2 N–H and O–H groups in total. The van der Waals surface area contributed by atoms with Gasteiger partial charge >= 0.3 is 0 Å². The minimum atomic E-state index is -3.21. The summed E-state index contributed by atoms with van der Waals surface area (Å²) in [5.41, 5.74) is 2.07. The fourth-order valence-corrected chi connectivity index (χ4v) is 2.91. The van der Waals surface area contributed by atoms with Crippen molar-refractivity contribution in [2.45, 2.75) is 64.5 Å². The van der Waals surface area contributed by atoms with E-state index in [1.54, 1.807) is 13.8 Å². The van der Waals surface area contributed by atoms with Gasteiger partial charge in [0.2, 0.25) is 15.9 Å². The molecule has 1 unspecified atom stereocenters. The third-order valence-electron chi connectivity index (χ3n) is 4.13. The molecule has 0 aliphatic rings. The molecule has 0 saturated heterocycles. The quantitative estimate of drug-likeness (QED) is 0.630. The van der Waals surface area contributed by atoms with Gasteiger partial charge in [0.15, 0.2) is 0 Å². The average molecular weight is 355 g/mol. The Balaban J connectivity index is 2.29. The summed E-state index contributed by atoms with van der Waals surface area (Å²) in [5, 5.41) is 2.44. The first kappa shape index (κ1) is 20.6. The number of hydrogen-bond donors (Lipinski definition) is 2. The van der Waals surface area contributed by atoms with Gasteiger partial charge in [0.25, 0.3) is 0 Å². The maximum Gasteiger partial charge on any atom is 0.224 e. The van der Waals surface area contributed by atoms with E-state index in [1.807, 2.05) is 24.3 Å². The largest absolute Gasteiger partial charge is 0.326 e. The summed E-state index contributed by atoms with van der Waals surface area (Å²) >= 11 is 0. The molecule has 0 fully saturated rings. The van der Waals surface area contributed by atoms with Crippen molar-refractivity contribution in [2.75, 3.05) is 11.9 Å². The molecule has 0 radical (unpaired) electrons. The average Bonchev–Trinajstić information content (AvgIpc) is 2.54. The molecule has 0 aliphatic heterocycles. The molecule has 1 rings (SSSR count). The van der Waals surface area contributed by atoms with Crippen LogP contribution in [-0.4, -0.2) is 26.1 Å². The van der Waals surface area contributed by atoms with Gasteiger partial charge in [0.1, 0.15) is 0 Å². The van der Waals surface area contributed by atoms with E-state index in [4.69, 9.17) is 0 Å². The molecule has 1 aromatic carbocycles. The number of hydrogen-bond acceptors (Lipinski definition) is 3. The fraction of sp³-hybridized carbons (Fsp3) is 0.611. The predicted octanol–water partition coefficient (Wildman–Crippen LogP) is 3.64. The third-order valence-corrected chi connectivity index (χ3v) is 5.98. The van der Waals surface area contributed by atoms with Crippen LogP contribution < -0.4 is 10.0 Å². The lowest BCUT2D eigenvalue weighted by Gasteiger charge is -2.11. The van der Waals surface area contributed by atoms with Crippen LogP contribution in [-0.2, 0) is 14.8 Å². The first-order chi connectivity index (χ1) is 11.3. The Labute approximate surface area is 146 Å². The van der Waals surface area contributed by atoms with E-state index in [2.05, 4.69) is 23.9 Å². The normalized spacial score (nSPS) is 13.0. The number of benzene rings is 1. The monoisotopic (exact) mass is 354 g/mol. The lowest BCUT2D eigenvalue weighted by molar-refractivity contribution is -0.116. The number of anilines is 1. The predicted molar refractivity (Wildman–Crippen MR) is 99.7 cm³/mol. The van der Waals surface area contributed by atoms with E-state index in [1.165, 1.54) is 5.56 Å². The zero-order valence-electron chi connectivity index (χ0n) is 15.1. The maximum absolute atomic E-state index is 11.9. The molecule has 0 heterocycles. The highest BCUT2D eigenvalue weighted by atomic mass is 32.2.